The first-order valence-corrected chi connectivity index (χ1v) is 9.69. The van der Waals surface area contributed by atoms with E-state index in [0.717, 1.165) is 30.5 Å². The number of nitrogens with one attached hydrogen (secondary N) is 1. The summed E-state index contributed by atoms with van der Waals surface area (Å²) >= 11 is 0. The van der Waals surface area contributed by atoms with Crippen LogP contribution >= 0.6 is 0 Å². The van der Waals surface area contributed by atoms with Crippen LogP contribution in [-0.2, 0) is 16.1 Å². The van der Waals surface area contributed by atoms with E-state index in [4.69, 9.17) is 9.47 Å². The molecule has 5 heteroatoms. The molecule has 4 rings (SSSR count). The van der Waals surface area contributed by atoms with Crippen molar-refractivity contribution >= 4 is 11.7 Å². The lowest BCUT2D eigenvalue weighted by molar-refractivity contribution is -0.0362. The van der Waals surface area contributed by atoms with Crippen LogP contribution in [0.1, 0.15) is 50.5 Å². The van der Waals surface area contributed by atoms with Gasteiger partial charge in [0.15, 0.2) is 0 Å². The second kappa shape index (κ2) is 7.75. The Kier molecular flexibility index (Phi) is 5.22. The minimum Gasteiger partial charge on any atom is -0.374 e. The SMILES string of the molecule is O=C(Nc1ccc(COC2CCCC2)cc1)N1CCOC2CCCC21. The molecule has 2 atom stereocenters. The van der Waals surface area contributed by atoms with Gasteiger partial charge in [-0.15, -0.1) is 0 Å². The van der Waals surface area contributed by atoms with E-state index in [0.29, 0.717) is 25.9 Å². The lowest BCUT2D eigenvalue weighted by Gasteiger charge is -2.37. The van der Waals surface area contributed by atoms with Gasteiger partial charge in [0.1, 0.15) is 0 Å². The maximum absolute atomic E-state index is 12.6. The summed E-state index contributed by atoms with van der Waals surface area (Å²) in [6.45, 7) is 1.98. The van der Waals surface area contributed by atoms with Gasteiger partial charge in [-0.1, -0.05) is 25.0 Å². The van der Waals surface area contributed by atoms with Gasteiger partial charge >= 0.3 is 6.03 Å². The molecule has 136 valence electrons. The number of urea groups is 1. The molecule has 5 nitrogen and oxygen atoms in total. The summed E-state index contributed by atoms with van der Waals surface area (Å²) in [6.07, 6.45) is 8.90. The van der Waals surface area contributed by atoms with Crippen LogP contribution in [0, 0.1) is 0 Å². The van der Waals surface area contributed by atoms with Gasteiger partial charge in [0.05, 0.1) is 31.5 Å². The highest BCUT2D eigenvalue weighted by atomic mass is 16.5. The second-order valence-electron chi connectivity index (χ2n) is 7.45. The molecule has 1 N–H and O–H groups in total. The summed E-state index contributed by atoms with van der Waals surface area (Å²) in [4.78, 5) is 14.6. The van der Waals surface area contributed by atoms with Gasteiger partial charge in [0.2, 0.25) is 0 Å². The van der Waals surface area contributed by atoms with E-state index in [1.165, 1.54) is 25.7 Å². The first kappa shape index (κ1) is 16.9. The average Bonchev–Trinajstić information content (AvgIpc) is 3.32. The Morgan fingerprint density at radius 2 is 1.92 bits per heavy atom. The molecule has 3 aliphatic rings. The van der Waals surface area contributed by atoms with Gasteiger partial charge in [-0.05, 0) is 49.8 Å². The van der Waals surface area contributed by atoms with Crippen molar-refractivity contribution in [3.05, 3.63) is 29.8 Å². The Morgan fingerprint density at radius 1 is 1.12 bits per heavy atom. The number of ether oxygens (including phenoxy) is 2. The van der Waals surface area contributed by atoms with Gasteiger partial charge in [-0.25, -0.2) is 4.79 Å². The van der Waals surface area contributed by atoms with E-state index in [-0.39, 0.29) is 18.2 Å². The number of carbonyl (C=O) groups excluding carboxylic acids is 1. The summed E-state index contributed by atoms with van der Waals surface area (Å²) in [5, 5.41) is 3.04. The van der Waals surface area contributed by atoms with Crippen molar-refractivity contribution in [3.63, 3.8) is 0 Å². The molecule has 1 heterocycles. The first-order valence-electron chi connectivity index (χ1n) is 9.69. The molecule has 1 aromatic carbocycles. The van der Waals surface area contributed by atoms with Crippen molar-refractivity contribution in [3.8, 4) is 0 Å². The molecule has 2 unspecified atom stereocenters. The van der Waals surface area contributed by atoms with Crippen molar-refractivity contribution in [2.45, 2.75) is 69.8 Å². The van der Waals surface area contributed by atoms with Gasteiger partial charge in [0, 0.05) is 12.2 Å². The number of hydrogen-bond donors (Lipinski definition) is 1. The van der Waals surface area contributed by atoms with Crippen LogP contribution in [-0.4, -0.2) is 42.3 Å². The molecule has 25 heavy (non-hydrogen) atoms. The number of fused-ring (bicyclic) bond motifs is 1. The third-order valence-electron chi connectivity index (χ3n) is 5.74. The van der Waals surface area contributed by atoms with Crippen LogP contribution < -0.4 is 5.32 Å². The normalized spacial score (nSPS) is 26.6. The highest BCUT2D eigenvalue weighted by molar-refractivity contribution is 5.89. The zero-order chi connectivity index (χ0) is 17.1. The van der Waals surface area contributed by atoms with Gasteiger partial charge in [-0.2, -0.15) is 0 Å². The van der Waals surface area contributed by atoms with Crippen LogP contribution in [0.2, 0.25) is 0 Å². The lowest BCUT2D eigenvalue weighted by atomic mass is 10.1. The zero-order valence-corrected chi connectivity index (χ0v) is 14.8. The Bertz CT molecular complexity index is 583. The molecule has 2 aliphatic carbocycles. The highest BCUT2D eigenvalue weighted by Crippen LogP contribution is 2.30. The monoisotopic (exact) mass is 344 g/mol. The van der Waals surface area contributed by atoms with E-state index in [9.17, 15) is 4.79 Å². The molecule has 2 amide bonds. The van der Waals surface area contributed by atoms with Crippen LogP contribution in [0.15, 0.2) is 24.3 Å². The van der Waals surface area contributed by atoms with Gasteiger partial charge in [-0.3, -0.25) is 0 Å². The lowest BCUT2D eigenvalue weighted by Crippen LogP contribution is -2.52. The van der Waals surface area contributed by atoms with Crippen molar-refractivity contribution in [2.75, 3.05) is 18.5 Å². The maximum Gasteiger partial charge on any atom is 0.322 e. The van der Waals surface area contributed by atoms with Gasteiger partial charge in [0.25, 0.3) is 0 Å². The maximum atomic E-state index is 12.6. The third kappa shape index (κ3) is 3.98. The van der Waals surface area contributed by atoms with Crippen LogP contribution in [0.25, 0.3) is 0 Å². The Balaban J connectivity index is 1.30. The number of amides is 2. The van der Waals surface area contributed by atoms with E-state index in [1.807, 2.05) is 29.2 Å². The van der Waals surface area contributed by atoms with E-state index < -0.39 is 0 Å². The summed E-state index contributed by atoms with van der Waals surface area (Å²) in [7, 11) is 0. The molecule has 2 saturated carbocycles. The molecule has 3 fully saturated rings. The Hall–Kier alpha value is -1.59. The molecular weight excluding hydrogens is 316 g/mol. The Labute approximate surface area is 149 Å². The Morgan fingerprint density at radius 3 is 2.72 bits per heavy atom. The predicted octanol–water partition coefficient (Wildman–Crippen LogP) is 3.93. The van der Waals surface area contributed by atoms with E-state index in [1.54, 1.807) is 0 Å². The van der Waals surface area contributed by atoms with E-state index >= 15 is 0 Å². The van der Waals surface area contributed by atoms with Crippen molar-refractivity contribution < 1.29 is 14.3 Å². The quantitative estimate of drug-likeness (QED) is 0.900. The minimum atomic E-state index is -0.00449. The molecular formula is C20H28N2O3. The number of rotatable bonds is 4. The number of anilines is 1. The first-order chi connectivity index (χ1) is 12.3. The molecule has 1 saturated heterocycles. The molecule has 1 aliphatic heterocycles. The number of carbonyl (C=O) groups is 1. The summed E-state index contributed by atoms with van der Waals surface area (Å²) in [5.41, 5.74) is 2.00. The molecule has 0 bridgehead atoms. The molecule has 0 aromatic heterocycles. The molecule has 0 spiro atoms. The fraction of sp³-hybridized carbons (Fsp3) is 0.650. The van der Waals surface area contributed by atoms with E-state index in [2.05, 4.69) is 5.32 Å². The number of hydrogen-bond acceptors (Lipinski definition) is 3. The van der Waals surface area contributed by atoms with Crippen LogP contribution in [0.5, 0.6) is 0 Å². The largest absolute Gasteiger partial charge is 0.374 e. The summed E-state index contributed by atoms with van der Waals surface area (Å²) in [5.74, 6) is 0. The van der Waals surface area contributed by atoms with Crippen molar-refractivity contribution in [2.24, 2.45) is 0 Å². The smallest absolute Gasteiger partial charge is 0.322 e. The number of benzene rings is 1. The highest BCUT2D eigenvalue weighted by Gasteiger charge is 2.38. The average molecular weight is 344 g/mol. The van der Waals surface area contributed by atoms with Crippen molar-refractivity contribution in [1.29, 1.82) is 0 Å². The summed E-state index contributed by atoms with van der Waals surface area (Å²) < 4.78 is 11.7. The minimum absolute atomic E-state index is 0.00449. The second-order valence-corrected chi connectivity index (χ2v) is 7.45. The third-order valence-corrected chi connectivity index (χ3v) is 5.74. The fourth-order valence-electron chi connectivity index (χ4n) is 4.33. The summed E-state index contributed by atoms with van der Waals surface area (Å²) in [6, 6.07) is 8.27. The zero-order valence-electron chi connectivity index (χ0n) is 14.8. The molecule has 1 aromatic rings. The standard InChI is InChI=1S/C20H28N2O3/c23-20(22-12-13-24-19-7-3-6-18(19)22)21-16-10-8-15(9-11-16)14-25-17-4-1-2-5-17/h8-11,17-19H,1-7,12-14H2,(H,21,23). The fourth-order valence-corrected chi connectivity index (χ4v) is 4.33. The predicted molar refractivity (Wildman–Crippen MR) is 96.6 cm³/mol. The topological polar surface area (TPSA) is 50.8 Å². The van der Waals surface area contributed by atoms with Gasteiger partial charge < -0.3 is 19.7 Å². The van der Waals surface area contributed by atoms with Crippen LogP contribution in [0.3, 0.4) is 0 Å². The molecule has 0 radical (unpaired) electrons. The number of morpholine rings is 1. The van der Waals surface area contributed by atoms with Crippen LogP contribution in [0.4, 0.5) is 10.5 Å². The number of nitrogens with zero attached hydrogens (tertiary/aromatic N) is 1. The van der Waals surface area contributed by atoms with Crippen molar-refractivity contribution in [1.82, 2.24) is 4.90 Å².